The van der Waals surface area contributed by atoms with Crippen LogP contribution < -0.4 is 0 Å². The lowest BCUT2D eigenvalue weighted by molar-refractivity contribution is 0.112. The predicted octanol–water partition coefficient (Wildman–Crippen LogP) is 5.78. The number of fused-ring (bicyclic) bond motifs is 2. The average molecular weight is 296 g/mol. The molecule has 0 aliphatic carbocycles. The van der Waals surface area contributed by atoms with Crippen LogP contribution in [0, 0.1) is 6.92 Å². The van der Waals surface area contributed by atoms with Crippen LogP contribution in [0.15, 0.2) is 72.8 Å². The Bertz CT molecular complexity index is 970. The van der Waals surface area contributed by atoms with Crippen molar-refractivity contribution in [1.29, 1.82) is 0 Å². The molecule has 4 aromatic rings. The zero-order valence-corrected chi connectivity index (χ0v) is 12.9. The highest BCUT2D eigenvalue weighted by Crippen LogP contribution is 2.38. The Labute approximate surface area is 135 Å². The van der Waals surface area contributed by atoms with Crippen LogP contribution in [0.3, 0.4) is 0 Å². The highest BCUT2D eigenvalue weighted by molar-refractivity contribution is 6.20. The maximum absolute atomic E-state index is 11.7. The third kappa shape index (κ3) is 2.13. The Balaban J connectivity index is 2.24. The second kappa shape index (κ2) is 5.36. The van der Waals surface area contributed by atoms with Crippen molar-refractivity contribution >= 4 is 27.8 Å². The summed E-state index contributed by atoms with van der Waals surface area (Å²) in [5, 5.41) is 4.27. The van der Waals surface area contributed by atoms with E-state index in [0.29, 0.717) is 0 Å². The molecule has 0 aliphatic rings. The van der Waals surface area contributed by atoms with Crippen LogP contribution in [0.1, 0.15) is 15.9 Å². The summed E-state index contributed by atoms with van der Waals surface area (Å²) in [6.07, 6.45) is 0.976. The number of aldehydes is 1. The highest BCUT2D eigenvalue weighted by atomic mass is 16.1. The van der Waals surface area contributed by atoms with Gasteiger partial charge in [-0.15, -0.1) is 0 Å². The molecule has 110 valence electrons. The van der Waals surface area contributed by atoms with Gasteiger partial charge in [0.05, 0.1) is 0 Å². The lowest BCUT2D eigenvalue weighted by Gasteiger charge is -2.14. The fourth-order valence-corrected chi connectivity index (χ4v) is 3.32. The van der Waals surface area contributed by atoms with Crippen LogP contribution in [0.2, 0.25) is 0 Å². The van der Waals surface area contributed by atoms with Gasteiger partial charge in [0.25, 0.3) is 0 Å². The Kier molecular flexibility index (Phi) is 3.20. The van der Waals surface area contributed by atoms with Gasteiger partial charge in [0.1, 0.15) is 0 Å². The molecule has 23 heavy (non-hydrogen) atoms. The first-order chi connectivity index (χ1) is 11.3. The number of carbonyl (C=O) groups is 1. The van der Waals surface area contributed by atoms with Gasteiger partial charge in [-0.2, -0.15) is 0 Å². The van der Waals surface area contributed by atoms with Crippen LogP contribution in [0.25, 0.3) is 32.7 Å². The third-order valence-electron chi connectivity index (χ3n) is 4.43. The molecule has 4 aromatic carbocycles. The van der Waals surface area contributed by atoms with Crippen LogP contribution in [-0.2, 0) is 0 Å². The first-order valence-corrected chi connectivity index (χ1v) is 7.75. The molecule has 0 N–H and O–H groups in total. The molecule has 0 radical (unpaired) electrons. The minimum atomic E-state index is 0.770. The Morgan fingerprint density at radius 1 is 0.652 bits per heavy atom. The molecule has 1 nitrogen and oxygen atoms in total. The average Bonchev–Trinajstić information content (AvgIpc) is 2.60. The summed E-state index contributed by atoms with van der Waals surface area (Å²) in [6, 6.07) is 24.9. The molecule has 1 heteroatoms. The van der Waals surface area contributed by atoms with Crippen molar-refractivity contribution in [1.82, 2.24) is 0 Å². The van der Waals surface area contributed by atoms with Gasteiger partial charge in [-0.1, -0.05) is 78.4 Å². The summed E-state index contributed by atoms with van der Waals surface area (Å²) in [4.78, 5) is 11.7. The van der Waals surface area contributed by atoms with Crippen LogP contribution in [0.5, 0.6) is 0 Å². The first-order valence-electron chi connectivity index (χ1n) is 7.75. The number of aryl methyl sites for hydroxylation is 1. The fourth-order valence-electron chi connectivity index (χ4n) is 3.32. The number of benzene rings is 4. The van der Waals surface area contributed by atoms with E-state index in [1.807, 2.05) is 36.4 Å². The summed E-state index contributed by atoms with van der Waals surface area (Å²) in [5.41, 5.74) is 4.39. The Morgan fingerprint density at radius 2 is 1.13 bits per heavy atom. The van der Waals surface area contributed by atoms with E-state index in [0.717, 1.165) is 33.4 Å². The van der Waals surface area contributed by atoms with Gasteiger partial charge < -0.3 is 0 Å². The molecule has 0 bridgehead atoms. The van der Waals surface area contributed by atoms with Crippen molar-refractivity contribution in [3.8, 4) is 11.1 Å². The van der Waals surface area contributed by atoms with Crippen LogP contribution in [-0.4, -0.2) is 6.29 Å². The SMILES string of the molecule is Cc1ccc(-c2c3ccccc3c(C=O)c3ccccc23)cc1. The van der Waals surface area contributed by atoms with Crippen molar-refractivity contribution in [3.05, 3.63) is 83.9 Å². The zero-order valence-electron chi connectivity index (χ0n) is 12.9. The molecule has 0 fully saturated rings. The molecule has 4 rings (SSSR count). The lowest BCUT2D eigenvalue weighted by Crippen LogP contribution is -1.92. The van der Waals surface area contributed by atoms with Crippen molar-refractivity contribution in [2.75, 3.05) is 0 Å². The third-order valence-corrected chi connectivity index (χ3v) is 4.43. The minimum absolute atomic E-state index is 0.770. The zero-order chi connectivity index (χ0) is 15.8. The molecule has 0 unspecified atom stereocenters. The number of carbonyl (C=O) groups excluding carboxylic acids is 1. The van der Waals surface area contributed by atoms with E-state index < -0.39 is 0 Å². The molecular weight excluding hydrogens is 280 g/mol. The van der Waals surface area contributed by atoms with Gasteiger partial charge >= 0.3 is 0 Å². The molecule has 0 spiro atoms. The number of rotatable bonds is 2. The highest BCUT2D eigenvalue weighted by Gasteiger charge is 2.14. The topological polar surface area (TPSA) is 17.1 Å². The molecule has 0 heterocycles. The van der Waals surface area contributed by atoms with Crippen molar-refractivity contribution < 1.29 is 4.79 Å². The van der Waals surface area contributed by atoms with E-state index in [4.69, 9.17) is 0 Å². The molecule has 0 saturated heterocycles. The summed E-state index contributed by atoms with van der Waals surface area (Å²) in [6.45, 7) is 2.09. The lowest BCUT2D eigenvalue weighted by atomic mass is 9.88. The monoisotopic (exact) mass is 296 g/mol. The molecule has 0 atom stereocenters. The predicted molar refractivity (Wildman–Crippen MR) is 97.0 cm³/mol. The normalized spacial score (nSPS) is 11.0. The van der Waals surface area contributed by atoms with E-state index >= 15 is 0 Å². The first kappa shape index (κ1) is 13.7. The Hall–Kier alpha value is -2.93. The standard InChI is InChI=1S/C22H16O/c1-15-10-12-16(13-11-15)22-19-8-4-2-6-17(19)21(14-23)18-7-3-5-9-20(18)22/h2-14H,1H3. The second-order valence-corrected chi connectivity index (χ2v) is 5.86. The van der Waals surface area contributed by atoms with Crippen molar-refractivity contribution in [3.63, 3.8) is 0 Å². The van der Waals surface area contributed by atoms with E-state index in [9.17, 15) is 4.79 Å². The largest absolute Gasteiger partial charge is 0.298 e. The maximum atomic E-state index is 11.7. The van der Waals surface area contributed by atoms with E-state index in [1.54, 1.807) is 0 Å². The summed E-state index contributed by atoms with van der Waals surface area (Å²) >= 11 is 0. The van der Waals surface area contributed by atoms with Crippen molar-refractivity contribution in [2.45, 2.75) is 6.92 Å². The smallest absolute Gasteiger partial charge is 0.151 e. The molecule has 0 aliphatic heterocycles. The van der Waals surface area contributed by atoms with E-state index in [2.05, 4.69) is 43.3 Å². The molecule has 0 saturated carbocycles. The molecular formula is C22H16O. The van der Waals surface area contributed by atoms with Crippen LogP contribution in [0.4, 0.5) is 0 Å². The summed E-state index contributed by atoms with van der Waals surface area (Å²) in [7, 11) is 0. The maximum Gasteiger partial charge on any atom is 0.151 e. The van der Waals surface area contributed by atoms with Gasteiger partial charge in [0.15, 0.2) is 6.29 Å². The van der Waals surface area contributed by atoms with Gasteiger partial charge in [-0.25, -0.2) is 0 Å². The number of hydrogen-bond donors (Lipinski definition) is 0. The van der Waals surface area contributed by atoms with Crippen molar-refractivity contribution in [2.24, 2.45) is 0 Å². The van der Waals surface area contributed by atoms with E-state index in [-0.39, 0.29) is 0 Å². The molecule has 0 aromatic heterocycles. The van der Waals surface area contributed by atoms with Gasteiger partial charge in [-0.3, -0.25) is 4.79 Å². The van der Waals surface area contributed by atoms with Crippen LogP contribution >= 0.6 is 0 Å². The quantitative estimate of drug-likeness (QED) is 0.338. The second-order valence-electron chi connectivity index (χ2n) is 5.86. The number of hydrogen-bond acceptors (Lipinski definition) is 1. The summed E-state index contributed by atoms with van der Waals surface area (Å²) < 4.78 is 0. The fraction of sp³-hybridized carbons (Fsp3) is 0.0455. The van der Waals surface area contributed by atoms with Gasteiger partial charge in [0.2, 0.25) is 0 Å². The Morgan fingerprint density at radius 3 is 1.61 bits per heavy atom. The summed E-state index contributed by atoms with van der Waals surface area (Å²) in [5.74, 6) is 0. The van der Waals surface area contributed by atoms with E-state index in [1.165, 1.54) is 16.7 Å². The minimum Gasteiger partial charge on any atom is -0.298 e. The van der Waals surface area contributed by atoms with Gasteiger partial charge in [-0.05, 0) is 39.6 Å². The van der Waals surface area contributed by atoms with Gasteiger partial charge in [0, 0.05) is 5.56 Å². The molecule has 0 amide bonds.